The molecule has 59 heavy (non-hydrogen) atoms. The van der Waals surface area contributed by atoms with E-state index in [1.54, 1.807) is 0 Å². The first-order chi connectivity index (χ1) is 29.0. The van der Waals surface area contributed by atoms with Crippen LogP contribution in [0.3, 0.4) is 0 Å². The number of nitrogens with zero attached hydrogens (tertiary/aromatic N) is 4. The first kappa shape index (κ1) is 35.2. The molecule has 0 saturated heterocycles. The summed E-state index contributed by atoms with van der Waals surface area (Å²) in [5, 5.41) is 0. The van der Waals surface area contributed by atoms with Crippen molar-refractivity contribution in [3.05, 3.63) is 228 Å². The first-order valence-electron chi connectivity index (χ1n) is 20.0. The molecule has 0 fully saturated rings. The smallest absolute Gasteiger partial charge is 0.164 e. The minimum absolute atomic E-state index is 0.143. The second kappa shape index (κ2) is 13.9. The van der Waals surface area contributed by atoms with E-state index in [0.717, 1.165) is 39.1 Å². The van der Waals surface area contributed by atoms with Crippen LogP contribution in [0.4, 0.5) is 0 Å². The molecule has 0 bridgehead atoms. The van der Waals surface area contributed by atoms with Crippen molar-refractivity contribution in [1.29, 1.82) is 0 Å². The molecule has 2 aromatic heterocycles. The molecule has 5 heteroatoms. The minimum atomic E-state index is -0.455. The fourth-order valence-electron chi connectivity index (χ4n) is 9.35. The molecule has 7 aromatic carbocycles. The van der Waals surface area contributed by atoms with Gasteiger partial charge in [0.2, 0.25) is 0 Å². The number of aromatic nitrogens is 4. The maximum absolute atomic E-state index is 5.13. The number of rotatable bonds is 5. The van der Waals surface area contributed by atoms with Crippen LogP contribution < -0.4 is 0 Å². The summed E-state index contributed by atoms with van der Waals surface area (Å²) in [6.45, 7) is 4.74. The molecule has 0 amide bonds. The third kappa shape index (κ3) is 5.68. The largest absolute Gasteiger partial charge is 0.256 e. The zero-order valence-electron chi connectivity index (χ0n) is 32.7. The van der Waals surface area contributed by atoms with Gasteiger partial charge in [-0.15, -0.1) is 0 Å². The van der Waals surface area contributed by atoms with Gasteiger partial charge in [-0.2, -0.15) is 0 Å². The van der Waals surface area contributed by atoms with Gasteiger partial charge in [-0.05, 0) is 80.9 Å². The van der Waals surface area contributed by atoms with E-state index < -0.39 is 5.41 Å². The molecule has 1 aliphatic heterocycles. The van der Waals surface area contributed by atoms with E-state index in [4.69, 9.17) is 15.0 Å². The van der Waals surface area contributed by atoms with E-state index in [9.17, 15) is 0 Å². The molecule has 1 spiro atoms. The van der Waals surface area contributed by atoms with Crippen molar-refractivity contribution in [3.8, 4) is 56.5 Å². The Morgan fingerprint density at radius 1 is 0.356 bits per heavy atom. The Labute approximate surface area is 348 Å². The third-order valence-electron chi connectivity index (χ3n) is 12.1. The molecule has 1 aliphatic carbocycles. The van der Waals surface area contributed by atoms with Crippen molar-refractivity contribution in [2.45, 2.75) is 34.5 Å². The second-order valence-electron chi connectivity index (χ2n) is 15.8. The molecule has 0 unspecified atom stereocenters. The van der Waals surface area contributed by atoms with Gasteiger partial charge in [-0.1, -0.05) is 177 Å². The Bertz CT molecular complexity index is 3020. The molecule has 280 valence electrons. The van der Waals surface area contributed by atoms with Gasteiger partial charge < -0.3 is 0 Å². The van der Waals surface area contributed by atoms with Crippen LogP contribution in [0.5, 0.6) is 0 Å². The van der Waals surface area contributed by atoms with E-state index in [2.05, 4.69) is 152 Å². The summed E-state index contributed by atoms with van der Waals surface area (Å²) in [6, 6.07) is 67.2. The van der Waals surface area contributed by atoms with Gasteiger partial charge >= 0.3 is 0 Å². The van der Waals surface area contributed by atoms with E-state index in [1.165, 1.54) is 43.2 Å². The average molecular weight is 775 g/mol. The number of fused-ring (bicyclic) bond motifs is 8. The van der Waals surface area contributed by atoms with Crippen LogP contribution in [0.25, 0.3) is 56.5 Å². The highest BCUT2D eigenvalue weighted by Gasteiger charge is 2.52. The number of hydrogen-bond donors (Lipinski definition) is 0. The van der Waals surface area contributed by atoms with Gasteiger partial charge in [-0.3, -0.25) is 4.98 Å². The van der Waals surface area contributed by atoms with Gasteiger partial charge in [0.1, 0.15) is 0 Å². The molecule has 11 rings (SSSR count). The van der Waals surface area contributed by atoms with Crippen LogP contribution in [0.15, 0.2) is 204 Å². The lowest BCUT2D eigenvalue weighted by Crippen LogP contribution is -2.43. The maximum Gasteiger partial charge on any atom is 0.164 e. The molecular weight excluding hydrogens is 737 g/mol. The monoisotopic (exact) mass is 774 g/mol. The minimum Gasteiger partial charge on any atom is -0.256 e. The highest BCUT2D eigenvalue weighted by Crippen LogP contribution is 2.61. The Morgan fingerprint density at radius 3 is 1.51 bits per heavy atom. The molecule has 0 radical (unpaired) electrons. The molecule has 0 atom stereocenters. The summed E-state index contributed by atoms with van der Waals surface area (Å²) in [6.07, 6.45) is 1.82. The van der Waals surface area contributed by atoms with Crippen LogP contribution in [0.1, 0.15) is 47.2 Å². The van der Waals surface area contributed by atoms with Crippen molar-refractivity contribution in [1.82, 2.24) is 19.9 Å². The van der Waals surface area contributed by atoms with E-state index in [0.29, 0.717) is 17.5 Å². The van der Waals surface area contributed by atoms with Crippen molar-refractivity contribution in [3.63, 3.8) is 0 Å². The van der Waals surface area contributed by atoms with Crippen LogP contribution in [-0.4, -0.2) is 19.9 Å². The number of benzene rings is 7. The molecule has 2 aliphatic rings. The molecule has 0 saturated carbocycles. The summed E-state index contributed by atoms with van der Waals surface area (Å²) >= 11 is 1.87. The van der Waals surface area contributed by atoms with E-state index in [1.807, 2.05) is 72.6 Å². The molecule has 4 nitrogen and oxygen atoms in total. The van der Waals surface area contributed by atoms with Gasteiger partial charge in [0.05, 0.1) is 11.1 Å². The average Bonchev–Trinajstić information content (AvgIpc) is 3.31. The fraction of sp³-hybridized carbons (Fsp3) is 0.0741. The Kier molecular flexibility index (Phi) is 8.28. The summed E-state index contributed by atoms with van der Waals surface area (Å²) in [7, 11) is 0. The molecule has 0 N–H and O–H groups in total. The molecular formula is C54H38N4S. The Morgan fingerprint density at radius 2 is 0.847 bits per heavy atom. The third-order valence-corrected chi connectivity index (χ3v) is 13.2. The van der Waals surface area contributed by atoms with Crippen molar-refractivity contribution < 1.29 is 0 Å². The first-order valence-corrected chi connectivity index (χ1v) is 20.9. The van der Waals surface area contributed by atoms with Gasteiger partial charge in [-0.25, -0.2) is 15.0 Å². The normalized spacial score (nSPS) is 14.1. The van der Waals surface area contributed by atoms with Crippen LogP contribution in [0, 0.1) is 0 Å². The van der Waals surface area contributed by atoms with Gasteiger partial charge in [0.25, 0.3) is 0 Å². The zero-order chi connectivity index (χ0) is 39.6. The zero-order valence-corrected chi connectivity index (χ0v) is 33.5. The second-order valence-corrected chi connectivity index (χ2v) is 16.9. The van der Waals surface area contributed by atoms with Gasteiger partial charge in [0, 0.05) is 43.7 Å². The topological polar surface area (TPSA) is 51.6 Å². The highest BCUT2D eigenvalue weighted by atomic mass is 32.2. The predicted molar refractivity (Wildman–Crippen MR) is 239 cm³/mol. The summed E-state index contributed by atoms with van der Waals surface area (Å²) in [4.78, 5) is 22.4. The maximum atomic E-state index is 5.13. The SMILES string of the molecule is CC1(C)c2ccccc2C2(c3ccccc3Sc3cc(-c4cccc(-c5nc(-c6ccccc6)nc(-c6cccc(-c7ccccn7)c6)n5)c4)ccc32)c2ccccc21. The van der Waals surface area contributed by atoms with Crippen molar-refractivity contribution in [2.75, 3.05) is 0 Å². The lowest BCUT2D eigenvalue weighted by molar-refractivity contribution is 0.549. The number of hydrogen-bond acceptors (Lipinski definition) is 5. The molecule has 9 aromatic rings. The lowest BCUT2D eigenvalue weighted by Gasteiger charge is -2.50. The Hall–Kier alpha value is -6.95. The summed E-state index contributed by atoms with van der Waals surface area (Å²) < 4.78 is 0. The van der Waals surface area contributed by atoms with E-state index >= 15 is 0 Å². The Balaban J connectivity index is 1.05. The van der Waals surface area contributed by atoms with Crippen LogP contribution >= 0.6 is 11.8 Å². The van der Waals surface area contributed by atoms with Gasteiger partial charge in [0.15, 0.2) is 17.5 Å². The van der Waals surface area contributed by atoms with Crippen molar-refractivity contribution >= 4 is 11.8 Å². The van der Waals surface area contributed by atoms with E-state index in [-0.39, 0.29) is 5.41 Å². The van der Waals surface area contributed by atoms with Crippen LogP contribution in [-0.2, 0) is 10.8 Å². The standard InChI is InChI=1S/C54H38N4S/c1-53(2)41-22-6-8-24-43(41)54(44-25-9-7-23-42(44)53)45-26-10-11-28-48(45)59-49-34-37(29-30-46(49)54)36-18-14-20-39(32-36)51-56-50(35-16-4-3-5-17-35)57-52(58-51)40-21-15-19-38(33-40)47-27-12-13-31-55-47/h3-34H,1-2H3. The summed E-state index contributed by atoms with van der Waals surface area (Å²) in [5.74, 6) is 1.87. The number of pyridine rings is 1. The summed E-state index contributed by atoms with van der Waals surface area (Å²) in [5.41, 5.74) is 14.4. The molecule has 3 heterocycles. The van der Waals surface area contributed by atoms with Crippen LogP contribution in [0.2, 0.25) is 0 Å². The van der Waals surface area contributed by atoms with Crippen molar-refractivity contribution in [2.24, 2.45) is 0 Å². The highest BCUT2D eigenvalue weighted by molar-refractivity contribution is 7.99. The quantitative estimate of drug-likeness (QED) is 0.174. The lowest BCUT2D eigenvalue weighted by atomic mass is 9.54. The predicted octanol–water partition coefficient (Wildman–Crippen LogP) is 13.1. The fourth-order valence-corrected chi connectivity index (χ4v) is 10.6.